The number of hydrogen-bond acceptors (Lipinski definition) is 6. The Hall–Kier alpha value is -2.61. The van der Waals surface area contributed by atoms with E-state index in [1.165, 1.54) is 6.20 Å². The molecule has 3 rings (SSSR count). The zero-order chi connectivity index (χ0) is 18.7. The Bertz CT molecular complexity index is 897. The monoisotopic (exact) mass is 375 g/mol. The largest absolute Gasteiger partial charge is 0.495 e. The lowest BCUT2D eigenvalue weighted by molar-refractivity contribution is 0.102. The fraction of sp³-hybridized carbons (Fsp3) is 0.333. The molecular weight excluding hydrogens is 354 g/mol. The molecule has 1 fully saturated rings. The number of hydrogen-bond donors (Lipinski definition) is 1. The maximum atomic E-state index is 12.4. The predicted octanol–water partition coefficient (Wildman–Crippen LogP) is 1.97. The van der Waals surface area contributed by atoms with E-state index in [0.717, 1.165) is 0 Å². The van der Waals surface area contributed by atoms with Gasteiger partial charge in [0.05, 0.1) is 29.9 Å². The molecule has 1 N–H and O–H groups in total. The van der Waals surface area contributed by atoms with Crippen LogP contribution in [-0.2, 0) is 9.84 Å². The topological polar surface area (TPSA) is 88.6 Å². The standard InChI is InChI=1S/C18H21N3O4S/c1-21(14-9-10-26(23,24)12-14)17-8-7-13(11-19-17)18(22)20-15-5-3-4-6-16(15)25-2/h3-8,11,14H,9-10,12H2,1-2H3,(H,20,22). The summed E-state index contributed by atoms with van der Waals surface area (Å²) in [6.07, 6.45) is 2.08. The van der Waals surface area contributed by atoms with Crippen molar-refractivity contribution in [2.45, 2.75) is 12.5 Å². The van der Waals surface area contributed by atoms with Gasteiger partial charge in [-0.05, 0) is 30.7 Å². The Morgan fingerprint density at radius 3 is 2.65 bits per heavy atom. The average molecular weight is 375 g/mol. The predicted molar refractivity (Wildman–Crippen MR) is 101 cm³/mol. The number of sulfone groups is 1. The molecule has 0 saturated carbocycles. The Labute approximate surface area is 152 Å². The van der Waals surface area contributed by atoms with E-state index >= 15 is 0 Å². The molecule has 26 heavy (non-hydrogen) atoms. The second-order valence-corrected chi connectivity index (χ2v) is 8.46. The number of nitrogens with zero attached hydrogens (tertiary/aromatic N) is 2. The van der Waals surface area contributed by atoms with E-state index in [2.05, 4.69) is 10.3 Å². The van der Waals surface area contributed by atoms with Gasteiger partial charge in [0.25, 0.3) is 5.91 Å². The summed E-state index contributed by atoms with van der Waals surface area (Å²) in [4.78, 5) is 18.6. The van der Waals surface area contributed by atoms with Crippen LogP contribution in [0.5, 0.6) is 5.75 Å². The van der Waals surface area contributed by atoms with Crippen molar-refractivity contribution >= 4 is 27.2 Å². The SMILES string of the molecule is COc1ccccc1NC(=O)c1ccc(N(C)C2CCS(=O)(=O)C2)nc1. The lowest BCUT2D eigenvalue weighted by Gasteiger charge is -2.24. The normalized spacial score (nSPS) is 18.3. The van der Waals surface area contributed by atoms with Gasteiger partial charge in [0.2, 0.25) is 0 Å². The minimum absolute atomic E-state index is 0.0826. The van der Waals surface area contributed by atoms with E-state index in [0.29, 0.717) is 29.2 Å². The molecule has 1 aromatic carbocycles. The van der Waals surface area contributed by atoms with Gasteiger partial charge in [-0.3, -0.25) is 4.79 Å². The second kappa shape index (κ2) is 7.33. The van der Waals surface area contributed by atoms with Crippen molar-refractivity contribution in [3.05, 3.63) is 48.2 Å². The fourth-order valence-corrected chi connectivity index (χ4v) is 4.71. The maximum absolute atomic E-state index is 12.4. The van der Waals surface area contributed by atoms with Crippen LogP contribution in [0.25, 0.3) is 0 Å². The minimum atomic E-state index is -2.96. The molecule has 1 atom stereocenters. The third kappa shape index (κ3) is 3.96. The zero-order valence-corrected chi connectivity index (χ0v) is 15.5. The molecule has 0 aliphatic carbocycles. The van der Waals surface area contributed by atoms with Crippen molar-refractivity contribution in [1.82, 2.24) is 4.98 Å². The number of carbonyl (C=O) groups excluding carboxylic acids is 1. The van der Waals surface area contributed by atoms with Crippen molar-refractivity contribution in [2.24, 2.45) is 0 Å². The molecule has 8 heteroatoms. The van der Waals surface area contributed by atoms with Crippen molar-refractivity contribution in [3.63, 3.8) is 0 Å². The molecule has 0 radical (unpaired) electrons. The molecule has 7 nitrogen and oxygen atoms in total. The summed E-state index contributed by atoms with van der Waals surface area (Å²) >= 11 is 0. The highest BCUT2D eigenvalue weighted by Gasteiger charge is 2.31. The summed E-state index contributed by atoms with van der Waals surface area (Å²) in [5.74, 6) is 1.27. The highest BCUT2D eigenvalue weighted by molar-refractivity contribution is 7.91. The Morgan fingerprint density at radius 1 is 1.27 bits per heavy atom. The van der Waals surface area contributed by atoms with E-state index in [-0.39, 0.29) is 23.5 Å². The molecule has 1 unspecified atom stereocenters. The van der Waals surface area contributed by atoms with Gasteiger partial charge in [-0.1, -0.05) is 12.1 Å². The van der Waals surface area contributed by atoms with Crippen molar-refractivity contribution in [2.75, 3.05) is 35.9 Å². The summed E-state index contributed by atoms with van der Waals surface area (Å²) in [5.41, 5.74) is 0.990. The minimum Gasteiger partial charge on any atom is -0.495 e. The summed E-state index contributed by atoms with van der Waals surface area (Å²) < 4.78 is 28.5. The van der Waals surface area contributed by atoms with Gasteiger partial charge in [0.1, 0.15) is 11.6 Å². The van der Waals surface area contributed by atoms with Gasteiger partial charge in [0.15, 0.2) is 9.84 Å². The first kappa shape index (κ1) is 18.2. The molecular formula is C18H21N3O4S. The number of aromatic nitrogens is 1. The fourth-order valence-electron chi connectivity index (χ4n) is 2.94. The average Bonchev–Trinajstić information content (AvgIpc) is 3.01. The Kier molecular flexibility index (Phi) is 5.13. The molecule has 0 spiro atoms. The smallest absolute Gasteiger partial charge is 0.257 e. The first-order valence-corrected chi connectivity index (χ1v) is 10.1. The maximum Gasteiger partial charge on any atom is 0.257 e. The van der Waals surface area contributed by atoms with Gasteiger partial charge in [0, 0.05) is 19.3 Å². The third-order valence-electron chi connectivity index (χ3n) is 4.48. The van der Waals surface area contributed by atoms with Crippen LogP contribution in [0.4, 0.5) is 11.5 Å². The zero-order valence-electron chi connectivity index (χ0n) is 14.7. The van der Waals surface area contributed by atoms with Crippen LogP contribution in [0.3, 0.4) is 0 Å². The number of carbonyl (C=O) groups is 1. The van der Waals surface area contributed by atoms with Gasteiger partial charge < -0.3 is 15.0 Å². The van der Waals surface area contributed by atoms with Crippen molar-refractivity contribution in [1.29, 1.82) is 0 Å². The number of nitrogens with one attached hydrogen (secondary N) is 1. The van der Waals surface area contributed by atoms with Crippen LogP contribution in [-0.4, -0.2) is 51.0 Å². The van der Waals surface area contributed by atoms with Crippen LogP contribution in [0.1, 0.15) is 16.8 Å². The van der Waals surface area contributed by atoms with Crippen LogP contribution in [0, 0.1) is 0 Å². The van der Waals surface area contributed by atoms with Crippen molar-refractivity contribution in [3.8, 4) is 5.75 Å². The molecule has 2 heterocycles. The quantitative estimate of drug-likeness (QED) is 0.859. The Balaban J connectivity index is 1.70. The van der Waals surface area contributed by atoms with Gasteiger partial charge in [-0.2, -0.15) is 0 Å². The lowest BCUT2D eigenvalue weighted by atomic mass is 10.2. The number of ether oxygens (including phenoxy) is 1. The van der Waals surface area contributed by atoms with Crippen molar-refractivity contribution < 1.29 is 17.9 Å². The van der Waals surface area contributed by atoms with E-state index in [9.17, 15) is 13.2 Å². The van der Waals surface area contributed by atoms with E-state index in [1.54, 1.807) is 31.4 Å². The molecule has 1 aliphatic rings. The van der Waals surface area contributed by atoms with Crippen LogP contribution in [0.15, 0.2) is 42.6 Å². The molecule has 1 aliphatic heterocycles. The molecule has 0 bridgehead atoms. The highest BCUT2D eigenvalue weighted by atomic mass is 32.2. The first-order valence-electron chi connectivity index (χ1n) is 8.23. The van der Waals surface area contributed by atoms with Crippen LogP contribution in [0.2, 0.25) is 0 Å². The summed E-state index contributed by atoms with van der Waals surface area (Å²) in [5, 5.41) is 2.80. The first-order chi connectivity index (χ1) is 12.4. The van der Waals surface area contributed by atoms with Gasteiger partial charge in [-0.25, -0.2) is 13.4 Å². The number of methoxy groups -OCH3 is 1. The molecule has 1 saturated heterocycles. The third-order valence-corrected chi connectivity index (χ3v) is 6.23. The number of para-hydroxylation sites is 2. The summed E-state index contributed by atoms with van der Waals surface area (Å²) in [6.45, 7) is 0. The van der Waals surface area contributed by atoms with Crippen LogP contribution >= 0.6 is 0 Å². The summed E-state index contributed by atoms with van der Waals surface area (Å²) in [7, 11) is 0.407. The van der Waals surface area contributed by atoms with Crippen LogP contribution < -0.4 is 15.0 Å². The number of amides is 1. The van der Waals surface area contributed by atoms with Gasteiger partial charge in [-0.15, -0.1) is 0 Å². The lowest BCUT2D eigenvalue weighted by Crippen LogP contribution is -2.33. The van der Waals surface area contributed by atoms with E-state index in [4.69, 9.17) is 4.74 Å². The molecule has 138 valence electrons. The number of rotatable bonds is 5. The highest BCUT2D eigenvalue weighted by Crippen LogP contribution is 2.24. The van der Waals surface area contributed by atoms with E-state index < -0.39 is 9.84 Å². The molecule has 1 amide bonds. The summed E-state index contributed by atoms with van der Waals surface area (Å²) in [6, 6.07) is 10.5. The number of benzene rings is 1. The second-order valence-electron chi connectivity index (χ2n) is 6.23. The number of pyridine rings is 1. The molecule has 2 aromatic rings. The van der Waals surface area contributed by atoms with E-state index in [1.807, 2.05) is 24.1 Å². The Morgan fingerprint density at radius 2 is 2.04 bits per heavy atom. The molecule has 1 aromatic heterocycles. The van der Waals surface area contributed by atoms with Gasteiger partial charge >= 0.3 is 0 Å². The number of anilines is 2.